The number of likely N-dealkylation sites (tertiary alicyclic amines) is 1. The maximum absolute atomic E-state index is 11.6. The van der Waals surface area contributed by atoms with Gasteiger partial charge in [0.05, 0.1) is 6.26 Å². The van der Waals surface area contributed by atoms with Crippen LogP contribution in [0.15, 0.2) is 24.4 Å². The van der Waals surface area contributed by atoms with Crippen LogP contribution in [-0.4, -0.2) is 99.7 Å². The lowest BCUT2D eigenvalue weighted by molar-refractivity contribution is 0.126. The number of anilines is 1. The Kier molecular flexibility index (Phi) is 7.08. The number of aromatic nitrogens is 1. The molecule has 0 bridgehead atoms. The zero-order valence-corrected chi connectivity index (χ0v) is 17.4. The van der Waals surface area contributed by atoms with E-state index in [-0.39, 0.29) is 0 Å². The Morgan fingerprint density at radius 2 is 1.93 bits per heavy atom. The highest BCUT2D eigenvalue weighted by Gasteiger charge is 2.25. The SMILES string of the molecule is CN(CCN1CCC[C@@H](CN2CCN(c3ccccn3)CC2)C1)S(C)(=O)=O. The predicted octanol–water partition coefficient (Wildman–Crippen LogP) is 0.807. The van der Waals surface area contributed by atoms with Crippen LogP contribution in [0.5, 0.6) is 0 Å². The fourth-order valence-corrected chi connectivity index (χ4v) is 4.43. The molecule has 8 heteroatoms. The van der Waals surface area contributed by atoms with Gasteiger partial charge >= 0.3 is 0 Å². The summed E-state index contributed by atoms with van der Waals surface area (Å²) in [5.41, 5.74) is 0. The number of pyridine rings is 1. The Balaban J connectivity index is 1.41. The van der Waals surface area contributed by atoms with E-state index in [4.69, 9.17) is 0 Å². The fourth-order valence-electron chi connectivity index (χ4n) is 4.02. The van der Waals surface area contributed by atoms with E-state index < -0.39 is 10.0 Å². The summed E-state index contributed by atoms with van der Waals surface area (Å²) >= 11 is 0. The molecule has 0 aliphatic carbocycles. The summed E-state index contributed by atoms with van der Waals surface area (Å²) in [5, 5.41) is 0. The highest BCUT2D eigenvalue weighted by molar-refractivity contribution is 7.88. The van der Waals surface area contributed by atoms with Gasteiger partial charge in [0.15, 0.2) is 0 Å². The van der Waals surface area contributed by atoms with Gasteiger partial charge in [-0.15, -0.1) is 0 Å². The van der Waals surface area contributed by atoms with Crippen molar-refractivity contribution < 1.29 is 8.42 Å². The van der Waals surface area contributed by atoms with Gasteiger partial charge in [0.1, 0.15) is 5.82 Å². The summed E-state index contributed by atoms with van der Waals surface area (Å²) in [6.45, 7) is 8.96. The van der Waals surface area contributed by atoms with E-state index in [9.17, 15) is 8.42 Å². The van der Waals surface area contributed by atoms with Crippen molar-refractivity contribution in [1.82, 2.24) is 19.1 Å². The quantitative estimate of drug-likeness (QED) is 0.681. The average Bonchev–Trinajstić information content (AvgIpc) is 2.67. The molecule has 0 unspecified atom stereocenters. The first kappa shape index (κ1) is 20.5. The van der Waals surface area contributed by atoms with Crippen LogP contribution in [0.2, 0.25) is 0 Å². The number of piperazine rings is 1. The Labute approximate surface area is 164 Å². The van der Waals surface area contributed by atoms with E-state index in [1.807, 2.05) is 18.3 Å². The second-order valence-corrected chi connectivity index (χ2v) is 9.96. The van der Waals surface area contributed by atoms with Crippen molar-refractivity contribution in [2.24, 2.45) is 5.92 Å². The van der Waals surface area contributed by atoms with Crippen LogP contribution in [0, 0.1) is 5.92 Å². The summed E-state index contributed by atoms with van der Waals surface area (Å²) in [6, 6.07) is 6.09. The molecule has 0 spiro atoms. The number of nitrogens with zero attached hydrogens (tertiary/aromatic N) is 5. The maximum Gasteiger partial charge on any atom is 0.210 e. The Hall–Kier alpha value is -1.22. The van der Waals surface area contributed by atoms with Crippen molar-refractivity contribution in [2.75, 3.05) is 77.1 Å². The molecule has 0 N–H and O–H groups in total. The van der Waals surface area contributed by atoms with Crippen molar-refractivity contribution >= 4 is 15.8 Å². The van der Waals surface area contributed by atoms with Gasteiger partial charge in [-0.2, -0.15) is 0 Å². The first-order valence-electron chi connectivity index (χ1n) is 9.94. The van der Waals surface area contributed by atoms with E-state index >= 15 is 0 Å². The van der Waals surface area contributed by atoms with E-state index in [0.29, 0.717) is 12.5 Å². The van der Waals surface area contributed by atoms with Crippen LogP contribution in [-0.2, 0) is 10.0 Å². The third kappa shape index (κ3) is 6.14. The van der Waals surface area contributed by atoms with Crippen molar-refractivity contribution in [2.45, 2.75) is 12.8 Å². The molecule has 0 aromatic carbocycles. The zero-order chi connectivity index (χ0) is 19.3. The molecule has 7 nitrogen and oxygen atoms in total. The fraction of sp³-hybridized carbons (Fsp3) is 0.737. The molecular formula is C19H33N5O2S. The number of sulfonamides is 1. The smallest absolute Gasteiger partial charge is 0.210 e. The highest BCUT2D eigenvalue weighted by atomic mass is 32.2. The van der Waals surface area contributed by atoms with Gasteiger partial charge in [0.2, 0.25) is 10.0 Å². The van der Waals surface area contributed by atoms with E-state index in [1.165, 1.54) is 23.4 Å². The summed E-state index contributed by atoms with van der Waals surface area (Å²) in [4.78, 5) is 11.8. The zero-order valence-electron chi connectivity index (χ0n) is 16.6. The molecule has 2 aliphatic rings. The van der Waals surface area contributed by atoms with Gasteiger partial charge in [0.25, 0.3) is 0 Å². The second kappa shape index (κ2) is 9.32. The molecule has 3 heterocycles. The lowest BCUT2D eigenvalue weighted by atomic mass is 9.97. The lowest BCUT2D eigenvalue weighted by Crippen LogP contribution is -2.50. The predicted molar refractivity (Wildman–Crippen MR) is 110 cm³/mol. The third-order valence-electron chi connectivity index (χ3n) is 5.76. The number of likely N-dealkylation sites (N-methyl/N-ethyl adjacent to an activating group) is 1. The van der Waals surface area contributed by atoms with Crippen molar-refractivity contribution in [3.8, 4) is 0 Å². The maximum atomic E-state index is 11.6. The molecule has 0 amide bonds. The molecule has 0 saturated carbocycles. The van der Waals surface area contributed by atoms with Gasteiger partial charge in [-0.25, -0.2) is 17.7 Å². The van der Waals surface area contributed by atoms with Crippen LogP contribution in [0.3, 0.4) is 0 Å². The molecule has 1 atom stereocenters. The van der Waals surface area contributed by atoms with Gasteiger partial charge in [-0.3, -0.25) is 4.90 Å². The number of piperidine rings is 1. The van der Waals surface area contributed by atoms with Crippen molar-refractivity contribution in [3.63, 3.8) is 0 Å². The summed E-state index contributed by atoms with van der Waals surface area (Å²) in [6.07, 6.45) is 5.62. The van der Waals surface area contributed by atoms with Crippen LogP contribution in [0.1, 0.15) is 12.8 Å². The average molecular weight is 396 g/mol. The molecule has 2 fully saturated rings. The lowest BCUT2D eigenvalue weighted by Gasteiger charge is -2.39. The van der Waals surface area contributed by atoms with Crippen molar-refractivity contribution in [3.05, 3.63) is 24.4 Å². The van der Waals surface area contributed by atoms with Gasteiger partial charge in [-0.05, 0) is 37.4 Å². The third-order valence-corrected chi connectivity index (χ3v) is 7.08. The van der Waals surface area contributed by atoms with Gasteiger partial charge < -0.3 is 9.80 Å². The summed E-state index contributed by atoms with van der Waals surface area (Å²) in [7, 11) is -1.41. The monoisotopic (exact) mass is 395 g/mol. The molecule has 3 rings (SSSR count). The first-order chi connectivity index (χ1) is 12.9. The minimum Gasteiger partial charge on any atom is -0.354 e. The van der Waals surface area contributed by atoms with Crippen LogP contribution in [0.4, 0.5) is 5.82 Å². The number of rotatable bonds is 7. The molecule has 0 radical (unpaired) electrons. The first-order valence-corrected chi connectivity index (χ1v) is 11.8. The summed E-state index contributed by atoms with van der Waals surface area (Å²) < 4.78 is 24.6. The number of hydrogen-bond donors (Lipinski definition) is 0. The molecule has 1 aromatic rings. The second-order valence-electron chi connectivity index (χ2n) is 7.87. The molecule has 152 valence electrons. The summed E-state index contributed by atoms with van der Waals surface area (Å²) in [5.74, 6) is 1.76. The topological polar surface area (TPSA) is 60.0 Å². The number of hydrogen-bond acceptors (Lipinski definition) is 6. The van der Waals surface area contributed by atoms with Crippen LogP contribution >= 0.6 is 0 Å². The molecular weight excluding hydrogens is 362 g/mol. The highest BCUT2D eigenvalue weighted by Crippen LogP contribution is 2.19. The van der Waals surface area contributed by atoms with E-state index in [0.717, 1.165) is 58.2 Å². The normalized spacial score (nSPS) is 23.1. The van der Waals surface area contributed by atoms with E-state index in [1.54, 1.807) is 7.05 Å². The Morgan fingerprint density at radius 3 is 2.59 bits per heavy atom. The molecule has 27 heavy (non-hydrogen) atoms. The largest absolute Gasteiger partial charge is 0.354 e. The van der Waals surface area contributed by atoms with E-state index in [2.05, 4.69) is 25.8 Å². The van der Waals surface area contributed by atoms with Gasteiger partial charge in [-0.1, -0.05) is 6.07 Å². The standard InChI is InChI=1S/C19H33N5O2S/c1-21(27(2,25)26)10-11-22-9-5-6-18(16-22)17-23-12-14-24(15-13-23)19-7-3-4-8-20-19/h3-4,7-8,18H,5-6,9-17H2,1-2H3/t18-/m1/s1. The Bertz CT molecular complexity index is 677. The van der Waals surface area contributed by atoms with Crippen molar-refractivity contribution in [1.29, 1.82) is 0 Å². The van der Waals surface area contributed by atoms with Crippen LogP contribution in [0.25, 0.3) is 0 Å². The van der Waals surface area contributed by atoms with Crippen LogP contribution < -0.4 is 4.90 Å². The molecule has 1 aromatic heterocycles. The molecule has 2 aliphatic heterocycles. The minimum atomic E-state index is -3.08. The Morgan fingerprint density at radius 1 is 1.15 bits per heavy atom. The van der Waals surface area contributed by atoms with Gasteiger partial charge in [0, 0.05) is 65.6 Å². The molecule has 2 saturated heterocycles. The minimum absolute atomic E-state index is 0.578.